The number of nitrogens with one attached hydrogen (secondary N) is 1. The molecule has 1 fully saturated rings. The van der Waals surface area contributed by atoms with E-state index in [2.05, 4.69) is 26.2 Å². The number of carbonyl (C=O) groups excluding carboxylic acids is 1. The number of aromatic nitrogens is 1. The predicted octanol–water partition coefficient (Wildman–Crippen LogP) is 3.03. The highest BCUT2D eigenvalue weighted by Gasteiger charge is 2.17. The number of likely N-dealkylation sites (tertiary alicyclic amines) is 1. The highest BCUT2D eigenvalue weighted by molar-refractivity contribution is 9.10. The number of amides is 1. The van der Waals surface area contributed by atoms with E-state index in [0.29, 0.717) is 6.54 Å². The first-order valence-corrected chi connectivity index (χ1v) is 7.60. The van der Waals surface area contributed by atoms with E-state index >= 15 is 0 Å². The molecular formula is C15H16BrN3O. The number of hydrogen-bond donors (Lipinski definition) is 1. The van der Waals surface area contributed by atoms with Crippen LogP contribution < -0.4 is 5.32 Å². The van der Waals surface area contributed by atoms with Crippen LogP contribution in [0.3, 0.4) is 0 Å². The molecule has 1 aliphatic rings. The second kappa shape index (κ2) is 5.79. The van der Waals surface area contributed by atoms with Gasteiger partial charge in [-0.2, -0.15) is 0 Å². The number of rotatable bonds is 3. The van der Waals surface area contributed by atoms with Gasteiger partial charge in [-0.1, -0.05) is 28.1 Å². The summed E-state index contributed by atoms with van der Waals surface area (Å²) in [6, 6.07) is 7.95. The molecule has 0 bridgehead atoms. The highest BCUT2D eigenvalue weighted by Crippen LogP contribution is 2.27. The lowest BCUT2D eigenvalue weighted by molar-refractivity contribution is -0.128. The molecule has 0 unspecified atom stereocenters. The van der Waals surface area contributed by atoms with E-state index in [1.807, 2.05) is 29.2 Å². The Morgan fingerprint density at radius 2 is 2.05 bits per heavy atom. The first-order chi connectivity index (χ1) is 9.75. The fraction of sp³-hybridized carbons (Fsp3) is 0.333. The summed E-state index contributed by atoms with van der Waals surface area (Å²) in [7, 11) is 0. The van der Waals surface area contributed by atoms with Gasteiger partial charge in [0.05, 0.1) is 6.54 Å². The summed E-state index contributed by atoms with van der Waals surface area (Å²) in [4.78, 5) is 18.3. The van der Waals surface area contributed by atoms with Crippen molar-refractivity contribution in [3.63, 3.8) is 0 Å². The molecule has 0 saturated carbocycles. The normalized spacial score (nSPS) is 14.8. The van der Waals surface area contributed by atoms with Crippen LogP contribution in [0, 0.1) is 0 Å². The number of hydrogen-bond acceptors (Lipinski definition) is 3. The minimum Gasteiger partial charge on any atom is -0.360 e. The Labute approximate surface area is 126 Å². The van der Waals surface area contributed by atoms with Crippen LogP contribution in [-0.2, 0) is 4.79 Å². The van der Waals surface area contributed by atoms with Crippen LogP contribution in [-0.4, -0.2) is 35.4 Å². The van der Waals surface area contributed by atoms with E-state index in [1.54, 1.807) is 6.20 Å². The molecule has 3 rings (SSSR count). The van der Waals surface area contributed by atoms with Gasteiger partial charge in [0.25, 0.3) is 0 Å². The molecule has 0 spiro atoms. The van der Waals surface area contributed by atoms with Gasteiger partial charge in [-0.05, 0) is 25.0 Å². The van der Waals surface area contributed by atoms with Crippen LogP contribution in [0.4, 0.5) is 5.82 Å². The van der Waals surface area contributed by atoms with Crippen molar-refractivity contribution in [1.82, 2.24) is 9.88 Å². The van der Waals surface area contributed by atoms with Gasteiger partial charge in [0.1, 0.15) is 5.82 Å². The molecule has 20 heavy (non-hydrogen) atoms. The van der Waals surface area contributed by atoms with Crippen LogP contribution in [0.25, 0.3) is 10.8 Å². The van der Waals surface area contributed by atoms with Crippen molar-refractivity contribution in [2.75, 3.05) is 25.0 Å². The molecule has 0 radical (unpaired) electrons. The number of carbonyl (C=O) groups is 1. The van der Waals surface area contributed by atoms with Crippen molar-refractivity contribution < 1.29 is 4.79 Å². The van der Waals surface area contributed by atoms with Crippen LogP contribution in [0.5, 0.6) is 0 Å². The Hall–Kier alpha value is -1.62. The van der Waals surface area contributed by atoms with E-state index in [4.69, 9.17) is 0 Å². The number of halogens is 1. The number of pyridine rings is 1. The molecule has 1 amide bonds. The van der Waals surface area contributed by atoms with Crippen molar-refractivity contribution in [1.29, 1.82) is 0 Å². The maximum absolute atomic E-state index is 12.0. The van der Waals surface area contributed by atoms with Crippen molar-refractivity contribution in [3.8, 4) is 0 Å². The number of fused-ring (bicyclic) bond motifs is 1. The number of nitrogens with zero attached hydrogens (tertiary/aromatic N) is 2. The third-order valence-electron chi connectivity index (χ3n) is 3.62. The largest absolute Gasteiger partial charge is 0.360 e. The Balaban J connectivity index is 1.77. The van der Waals surface area contributed by atoms with E-state index < -0.39 is 0 Å². The minimum atomic E-state index is 0.149. The molecule has 0 atom stereocenters. The van der Waals surface area contributed by atoms with Crippen LogP contribution in [0.1, 0.15) is 12.8 Å². The van der Waals surface area contributed by atoms with E-state index in [1.165, 1.54) is 0 Å². The third kappa shape index (κ3) is 2.63. The first-order valence-electron chi connectivity index (χ1n) is 6.80. The SMILES string of the molecule is O=C(CNc1nccc2c(Br)cccc12)N1CCCC1. The Bertz CT molecular complexity index is 638. The van der Waals surface area contributed by atoms with Gasteiger partial charge in [-0.15, -0.1) is 0 Å². The second-order valence-corrected chi connectivity index (χ2v) is 5.79. The molecular weight excluding hydrogens is 318 g/mol. The average molecular weight is 334 g/mol. The van der Waals surface area contributed by atoms with Gasteiger partial charge in [0, 0.05) is 34.5 Å². The summed E-state index contributed by atoms with van der Waals surface area (Å²) in [5.74, 6) is 0.910. The lowest BCUT2D eigenvalue weighted by Gasteiger charge is -2.16. The molecule has 4 nitrogen and oxygen atoms in total. The lowest BCUT2D eigenvalue weighted by Crippen LogP contribution is -2.33. The number of benzene rings is 1. The third-order valence-corrected chi connectivity index (χ3v) is 4.31. The van der Waals surface area contributed by atoms with Crippen molar-refractivity contribution >= 4 is 38.4 Å². The Morgan fingerprint density at radius 3 is 2.85 bits per heavy atom. The van der Waals surface area contributed by atoms with Gasteiger partial charge in [-0.3, -0.25) is 4.79 Å². The first kappa shape index (κ1) is 13.4. The van der Waals surface area contributed by atoms with Gasteiger partial charge >= 0.3 is 0 Å². The fourth-order valence-corrected chi connectivity index (χ4v) is 3.05. The minimum absolute atomic E-state index is 0.149. The van der Waals surface area contributed by atoms with Crippen LogP contribution >= 0.6 is 15.9 Å². The van der Waals surface area contributed by atoms with Crippen LogP contribution in [0.2, 0.25) is 0 Å². The number of anilines is 1. The molecule has 1 saturated heterocycles. The Kier molecular flexibility index (Phi) is 3.87. The summed E-state index contributed by atoms with van der Waals surface area (Å²) < 4.78 is 1.03. The maximum Gasteiger partial charge on any atom is 0.241 e. The molecule has 2 heterocycles. The van der Waals surface area contributed by atoms with E-state index in [-0.39, 0.29) is 5.91 Å². The zero-order chi connectivity index (χ0) is 13.9. The molecule has 1 aromatic heterocycles. The predicted molar refractivity (Wildman–Crippen MR) is 83.7 cm³/mol. The van der Waals surface area contributed by atoms with Gasteiger partial charge in [0.2, 0.25) is 5.91 Å². The molecule has 1 aliphatic heterocycles. The quantitative estimate of drug-likeness (QED) is 0.938. The monoisotopic (exact) mass is 333 g/mol. The molecule has 1 aromatic carbocycles. The summed E-state index contributed by atoms with van der Waals surface area (Å²) in [6.45, 7) is 2.07. The maximum atomic E-state index is 12.0. The lowest BCUT2D eigenvalue weighted by atomic mass is 10.1. The standard InChI is InChI=1S/C15H16BrN3O/c16-13-5-3-4-12-11(13)6-7-17-15(12)18-10-14(20)19-8-1-2-9-19/h3-7H,1-2,8-10H2,(H,17,18). The van der Waals surface area contributed by atoms with Gasteiger partial charge < -0.3 is 10.2 Å². The average Bonchev–Trinajstić information content (AvgIpc) is 2.99. The zero-order valence-electron chi connectivity index (χ0n) is 11.1. The van der Waals surface area contributed by atoms with Crippen LogP contribution in [0.15, 0.2) is 34.9 Å². The van der Waals surface area contributed by atoms with E-state index in [0.717, 1.165) is 47.0 Å². The van der Waals surface area contributed by atoms with Crippen molar-refractivity contribution in [2.24, 2.45) is 0 Å². The summed E-state index contributed by atoms with van der Waals surface area (Å²) in [5, 5.41) is 5.29. The topological polar surface area (TPSA) is 45.2 Å². The molecule has 2 aromatic rings. The molecule has 1 N–H and O–H groups in total. The summed E-state index contributed by atoms with van der Waals surface area (Å²) >= 11 is 3.53. The molecule has 104 valence electrons. The van der Waals surface area contributed by atoms with Gasteiger partial charge in [-0.25, -0.2) is 4.98 Å². The Morgan fingerprint density at radius 1 is 1.25 bits per heavy atom. The van der Waals surface area contributed by atoms with Gasteiger partial charge in [0.15, 0.2) is 0 Å². The summed E-state index contributed by atoms with van der Waals surface area (Å²) in [6.07, 6.45) is 3.99. The molecule has 0 aliphatic carbocycles. The smallest absolute Gasteiger partial charge is 0.241 e. The van der Waals surface area contributed by atoms with Crippen molar-refractivity contribution in [2.45, 2.75) is 12.8 Å². The zero-order valence-corrected chi connectivity index (χ0v) is 12.7. The highest BCUT2D eigenvalue weighted by atomic mass is 79.9. The van der Waals surface area contributed by atoms with E-state index in [9.17, 15) is 4.79 Å². The second-order valence-electron chi connectivity index (χ2n) is 4.94. The fourth-order valence-electron chi connectivity index (χ4n) is 2.55. The summed E-state index contributed by atoms with van der Waals surface area (Å²) in [5.41, 5.74) is 0. The van der Waals surface area contributed by atoms with Crippen molar-refractivity contribution in [3.05, 3.63) is 34.9 Å². The molecule has 5 heteroatoms.